The van der Waals surface area contributed by atoms with Crippen molar-refractivity contribution in [2.24, 2.45) is 0 Å². The summed E-state index contributed by atoms with van der Waals surface area (Å²) in [6.45, 7) is 13.4. The number of carbonyl (C=O) groups is 2. The van der Waals surface area contributed by atoms with Gasteiger partial charge in [-0.15, -0.1) is 0 Å². The molecule has 0 saturated heterocycles. The molecule has 1 aliphatic heterocycles. The number of anilines is 1. The Morgan fingerprint density at radius 3 is 2.50 bits per heavy atom. The van der Waals surface area contributed by atoms with Crippen LogP contribution in [-0.4, -0.2) is 28.6 Å². The van der Waals surface area contributed by atoms with E-state index in [4.69, 9.17) is 6.57 Å². The second-order valence-electron chi connectivity index (χ2n) is 5.99. The Labute approximate surface area is 129 Å². The summed E-state index contributed by atoms with van der Waals surface area (Å²) in [4.78, 5) is 28.4. The van der Waals surface area contributed by atoms with Gasteiger partial charge in [0.25, 0.3) is 0 Å². The molecule has 6 nitrogen and oxygen atoms in total. The number of amides is 2. The van der Waals surface area contributed by atoms with Crippen LogP contribution in [0.25, 0.3) is 4.85 Å². The van der Waals surface area contributed by atoms with Crippen LogP contribution in [0, 0.1) is 6.57 Å². The summed E-state index contributed by atoms with van der Waals surface area (Å²) in [5.41, 5.74) is 0.690. The average molecular weight is 301 g/mol. The van der Waals surface area contributed by atoms with Gasteiger partial charge in [-0.3, -0.25) is 9.59 Å². The highest BCUT2D eigenvalue weighted by atomic mass is 16.3. The van der Waals surface area contributed by atoms with E-state index < -0.39 is 17.7 Å². The summed E-state index contributed by atoms with van der Waals surface area (Å²) in [6, 6.07) is 4.25. The molecule has 0 aliphatic carbocycles. The fourth-order valence-corrected chi connectivity index (χ4v) is 3.04. The predicted octanol–water partition coefficient (Wildman–Crippen LogP) is 1.92. The van der Waals surface area contributed by atoms with E-state index in [2.05, 4.69) is 10.2 Å². The van der Waals surface area contributed by atoms with E-state index in [9.17, 15) is 14.7 Å². The molecule has 1 aromatic rings. The Morgan fingerprint density at radius 1 is 1.36 bits per heavy atom. The van der Waals surface area contributed by atoms with Gasteiger partial charge in [0.05, 0.1) is 18.2 Å². The number of fused-ring (bicyclic) bond motifs is 1. The molecule has 0 aromatic heterocycles. The second kappa shape index (κ2) is 5.43. The van der Waals surface area contributed by atoms with E-state index in [1.54, 1.807) is 32.0 Å². The molecule has 0 fully saturated rings. The van der Waals surface area contributed by atoms with Crippen molar-refractivity contribution in [3.8, 4) is 0 Å². The number of rotatable bonds is 1. The molecule has 0 unspecified atom stereocenters. The third-order valence-corrected chi connectivity index (χ3v) is 4.01. The van der Waals surface area contributed by atoms with Crippen molar-refractivity contribution < 1.29 is 14.7 Å². The second-order valence-corrected chi connectivity index (χ2v) is 5.99. The van der Waals surface area contributed by atoms with Crippen LogP contribution in [0.15, 0.2) is 18.2 Å². The summed E-state index contributed by atoms with van der Waals surface area (Å²) in [5, 5.41) is 13.4. The molecule has 2 N–H and O–H groups in total. The molecule has 0 saturated carbocycles. The Kier molecular flexibility index (Phi) is 3.94. The topological polar surface area (TPSA) is 74.0 Å². The fourth-order valence-electron chi connectivity index (χ4n) is 3.04. The molecule has 0 bridgehead atoms. The lowest BCUT2D eigenvalue weighted by atomic mass is 9.80. The summed E-state index contributed by atoms with van der Waals surface area (Å²) in [7, 11) is 0. The first kappa shape index (κ1) is 16.0. The molecule has 2 atom stereocenters. The van der Waals surface area contributed by atoms with Crippen molar-refractivity contribution >= 4 is 23.2 Å². The van der Waals surface area contributed by atoms with E-state index in [0.29, 0.717) is 16.9 Å². The lowest BCUT2D eigenvalue weighted by Crippen LogP contribution is -2.62. The van der Waals surface area contributed by atoms with E-state index in [-0.39, 0.29) is 11.8 Å². The molecule has 0 spiro atoms. The monoisotopic (exact) mass is 301 g/mol. The number of benzene rings is 1. The van der Waals surface area contributed by atoms with Gasteiger partial charge in [-0.25, -0.2) is 4.85 Å². The van der Waals surface area contributed by atoms with Gasteiger partial charge < -0.3 is 15.3 Å². The van der Waals surface area contributed by atoms with Gasteiger partial charge in [-0.1, -0.05) is 6.07 Å². The summed E-state index contributed by atoms with van der Waals surface area (Å²) < 4.78 is 0. The highest BCUT2D eigenvalue weighted by Crippen LogP contribution is 2.44. The SMILES string of the molecule is [C-]#[N+]c1ccc2c(c1)[C@@H](NC(C)=O)[C@H](O)C(C)(C)N2C(C)=O. The number of nitrogens with zero attached hydrogens (tertiary/aromatic N) is 2. The van der Waals surface area contributed by atoms with Crippen LogP contribution in [0.1, 0.15) is 39.3 Å². The molecule has 2 rings (SSSR count). The first-order chi connectivity index (χ1) is 10.2. The van der Waals surface area contributed by atoms with Crippen LogP contribution < -0.4 is 10.2 Å². The van der Waals surface area contributed by atoms with E-state index in [0.717, 1.165) is 0 Å². The zero-order valence-corrected chi connectivity index (χ0v) is 13.0. The van der Waals surface area contributed by atoms with Crippen molar-refractivity contribution in [3.05, 3.63) is 35.2 Å². The van der Waals surface area contributed by atoms with Gasteiger partial charge in [-0.05, 0) is 31.5 Å². The Morgan fingerprint density at radius 2 is 2.00 bits per heavy atom. The lowest BCUT2D eigenvalue weighted by molar-refractivity contribution is -0.121. The van der Waals surface area contributed by atoms with Gasteiger partial charge >= 0.3 is 0 Å². The molecule has 1 aliphatic rings. The Balaban J connectivity index is 2.70. The van der Waals surface area contributed by atoms with Crippen LogP contribution in [0.5, 0.6) is 0 Å². The molecule has 22 heavy (non-hydrogen) atoms. The zero-order valence-electron chi connectivity index (χ0n) is 13.0. The average Bonchev–Trinajstić information content (AvgIpc) is 2.42. The number of hydrogen-bond acceptors (Lipinski definition) is 3. The van der Waals surface area contributed by atoms with Gasteiger partial charge in [0.2, 0.25) is 11.8 Å². The lowest BCUT2D eigenvalue weighted by Gasteiger charge is -2.49. The van der Waals surface area contributed by atoms with Crippen LogP contribution in [-0.2, 0) is 9.59 Å². The van der Waals surface area contributed by atoms with E-state index in [1.165, 1.54) is 18.7 Å². The van der Waals surface area contributed by atoms with Crippen LogP contribution >= 0.6 is 0 Å². The number of aliphatic hydroxyl groups is 1. The number of carbonyl (C=O) groups excluding carboxylic acids is 2. The van der Waals surface area contributed by atoms with Gasteiger partial charge in [0.1, 0.15) is 6.10 Å². The highest BCUT2D eigenvalue weighted by molar-refractivity contribution is 5.95. The molecular weight excluding hydrogens is 282 g/mol. The predicted molar refractivity (Wildman–Crippen MR) is 82.5 cm³/mol. The van der Waals surface area contributed by atoms with Gasteiger partial charge in [-0.2, -0.15) is 0 Å². The van der Waals surface area contributed by atoms with Crippen molar-refractivity contribution in [2.75, 3.05) is 4.90 Å². The number of aliphatic hydroxyl groups excluding tert-OH is 1. The van der Waals surface area contributed by atoms with E-state index in [1.807, 2.05) is 0 Å². The summed E-state index contributed by atoms with van der Waals surface area (Å²) >= 11 is 0. The maximum Gasteiger partial charge on any atom is 0.224 e. The quantitative estimate of drug-likeness (QED) is 0.778. The fraction of sp³-hybridized carbons (Fsp3) is 0.438. The first-order valence-electron chi connectivity index (χ1n) is 6.97. The third-order valence-electron chi connectivity index (χ3n) is 4.01. The minimum absolute atomic E-state index is 0.206. The van der Waals surface area contributed by atoms with Crippen molar-refractivity contribution in [1.82, 2.24) is 5.32 Å². The third kappa shape index (κ3) is 2.44. The molecule has 6 heteroatoms. The van der Waals surface area contributed by atoms with Crippen molar-refractivity contribution in [2.45, 2.75) is 45.4 Å². The molecule has 2 amide bonds. The van der Waals surface area contributed by atoms with Gasteiger partial charge in [0, 0.05) is 19.5 Å². The number of hydrogen-bond donors (Lipinski definition) is 2. The summed E-state index contributed by atoms with van der Waals surface area (Å²) in [6.07, 6.45) is -0.992. The van der Waals surface area contributed by atoms with E-state index >= 15 is 0 Å². The summed E-state index contributed by atoms with van der Waals surface area (Å²) in [5.74, 6) is -0.488. The largest absolute Gasteiger partial charge is 0.388 e. The number of nitrogens with one attached hydrogen (secondary N) is 1. The normalized spacial score (nSPS) is 22.5. The molecule has 0 radical (unpaired) electrons. The smallest absolute Gasteiger partial charge is 0.224 e. The van der Waals surface area contributed by atoms with Crippen LogP contribution in [0.3, 0.4) is 0 Å². The first-order valence-corrected chi connectivity index (χ1v) is 6.97. The molecule has 1 aromatic carbocycles. The van der Waals surface area contributed by atoms with Crippen molar-refractivity contribution in [1.29, 1.82) is 0 Å². The molecule has 1 heterocycles. The zero-order chi connectivity index (χ0) is 16.7. The van der Waals surface area contributed by atoms with Crippen LogP contribution in [0.2, 0.25) is 0 Å². The minimum atomic E-state index is -0.992. The molecule has 116 valence electrons. The minimum Gasteiger partial charge on any atom is -0.388 e. The van der Waals surface area contributed by atoms with Gasteiger partial charge in [0.15, 0.2) is 5.69 Å². The Hall–Kier alpha value is -2.39. The maximum atomic E-state index is 12.1. The standard InChI is InChI=1S/C16H19N3O3/c1-9(20)18-14-12-8-11(17-5)6-7-13(12)19(10(2)21)16(3,4)15(14)22/h6-8,14-15,22H,1-4H3,(H,18,20)/t14-,15+/m1/s1. The van der Waals surface area contributed by atoms with Crippen LogP contribution in [0.4, 0.5) is 11.4 Å². The highest BCUT2D eigenvalue weighted by Gasteiger charge is 2.47. The Bertz CT molecular complexity index is 676. The maximum absolute atomic E-state index is 12.1. The molecular formula is C16H19N3O3. The van der Waals surface area contributed by atoms with Crippen molar-refractivity contribution in [3.63, 3.8) is 0 Å².